The maximum Gasteiger partial charge on any atom is 0.137 e. The summed E-state index contributed by atoms with van der Waals surface area (Å²) >= 11 is 0. The molecule has 7 rings (SSSR count). The van der Waals surface area contributed by atoms with Crippen LogP contribution in [0.3, 0.4) is 0 Å². The molecule has 230 valence electrons. The van der Waals surface area contributed by atoms with E-state index in [1.165, 1.54) is 5.39 Å². The van der Waals surface area contributed by atoms with E-state index in [1.807, 2.05) is 54.2 Å². The molecular formula is C39H36N4O3. The van der Waals surface area contributed by atoms with E-state index in [2.05, 4.69) is 80.8 Å². The molecule has 7 nitrogen and oxygen atoms in total. The molecule has 7 heteroatoms. The Morgan fingerprint density at radius 3 is 2.24 bits per heavy atom. The molecule has 0 saturated heterocycles. The Kier molecular flexibility index (Phi) is 7.24. The normalized spacial score (nSPS) is 11.4. The first kappa shape index (κ1) is 29.2. The standard InChI is InChI=1S/C39H36N4O3/c1-23-17-18-40-36(19-23)42-33-14-9-8-13-31(33)32-16-15-30(22-34(32)42)46-29-12-10-11-28(21-29)43-27(5)37(26(4)41-43)38-35(44-6)20-24(2)25(3)39(38)45-7/h8-22H,1-7H3. The molecule has 0 unspecified atom stereocenters. The number of nitrogens with zero attached hydrogens (tertiary/aromatic N) is 4. The van der Waals surface area contributed by atoms with Gasteiger partial charge in [0, 0.05) is 40.4 Å². The van der Waals surface area contributed by atoms with Crippen molar-refractivity contribution in [3.8, 4) is 45.6 Å². The van der Waals surface area contributed by atoms with Crippen molar-refractivity contribution in [1.29, 1.82) is 0 Å². The molecule has 0 aliphatic rings. The highest BCUT2D eigenvalue weighted by Crippen LogP contribution is 2.45. The van der Waals surface area contributed by atoms with Gasteiger partial charge in [-0.2, -0.15) is 5.10 Å². The second-order valence-electron chi connectivity index (χ2n) is 11.7. The van der Waals surface area contributed by atoms with Gasteiger partial charge in [0.1, 0.15) is 28.8 Å². The van der Waals surface area contributed by atoms with Crippen molar-refractivity contribution < 1.29 is 14.2 Å². The van der Waals surface area contributed by atoms with Crippen LogP contribution in [0.1, 0.15) is 28.1 Å². The summed E-state index contributed by atoms with van der Waals surface area (Å²) < 4.78 is 22.4. The summed E-state index contributed by atoms with van der Waals surface area (Å²) in [5, 5.41) is 7.28. The number of methoxy groups -OCH3 is 2. The number of aryl methyl sites for hydroxylation is 3. The Balaban J connectivity index is 1.29. The van der Waals surface area contributed by atoms with Crippen LogP contribution in [0.15, 0.2) is 91.1 Å². The van der Waals surface area contributed by atoms with Crippen LogP contribution in [0.4, 0.5) is 0 Å². The van der Waals surface area contributed by atoms with Gasteiger partial charge < -0.3 is 14.2 Å². The monoisotopic (exact) mass is 608 g/mol. The zero-order chi connectivity index (χ0) is 32.1. The molecule has 3 aromatic heterocycles. The van der Waals surface area contributed by atoms with Gasteiger partial charge in [0.25, 0.3) is 0 Å². The van der Waals surface area contributed by atoms with E-state index in [-0.39, 0.29) is 0 Å². The van der Waals surface area contributed by atoms with Crippen LogP contribution >= 0.6 is 0 Å². The average Bonchev–Trinajstić information content (AvgIpc) is 3.54. The van der Waals surface area contributed by atoms with Crippen LogP contribution in [0.25, 0.3) is 44.4 Å². The Hall–Kier alpha value is -5.56. The van der Waals surface area contributed by atoms with Crippen molar-refractivity contribution in [2.24, 2.45) is 0 Å². The van der Waals surface area contributed by atoms with Crippen molar-refractivity contribution in [2.45, 2.75) is 34.6 Å². The lowest BCUT2D eigenvalue weighted by atomic mass is 9.96. The van der Waals surface area contributed by atoms with E-state index in [1.54, 1.807) is 14.2 Å². The number of hydrogen-bond donors (Lipinski definition) is 0. The maximum absolute atomic E-state index is 6.51. The molecule has 0 saturated carbocycles. The van der Waals surface area contributed by atoms with Gasteiger partial charge >= 0.3 is 0 Å². The summed E-state index contributed by atoms with van der Waals surface area (Å²) in [7, 11) is 3.39. The summed E-state index contributed by atoms with van der Waals surface area (Å²) in [4.78, 5) is 4.71. The minimum Gasteiger partial charge on any atom is -0.496 e. The van der Waals surface area contributed by atoms with E-state index in [0.29, 0.717) is 5.75 Å². The Morgan fingerprint density at radius 1 is 0.674 bits per heavy atom. The molecule has 0 amide bonds. The lowest BCUT2D eigenvalue weighted by Gasteiger charge is -2.18. The van der Waals surface area contributed by atoms with Crippen LogP contribution in [0.5, 0.6) is 23.0 Å². The summed E-state index contributed by atoms with van der Waals surface area (Å²) in [6.07, 6.45) is 1.85. The predicted molar refractivity (Wildman–Crippen MR) is 184 cm³/mol. The average molecular weight is 609 g/mol. The highest BCUT2D eigenvalue weighted by molar-refractivity contribution is 6.09. The van der Waals surface area contributed by atoms with Crippen molar-refractivity contribution in [3.05, 3.63) is 119 Å². The topological polar surface area (TPSA) is 63.3 Å². The van der Waals surface area contributed by atoms with Crippen LogP contribution in [0.2, 0.25) is 0 Å². The molecule has 4 aromatic carbocycles. The SMILES string of the molecule is COc1cc(C)c(C)c(OC)c1-c1c(C)nn(-c2cccc(Oc3ccc4c5ccccc5n(-c5cc(C)ccn5)c4c3)c2)c1C. The van der Waals surface area contributed by atoms with Gasteiger partial charge in [-0.1, -0.05) is 24.3 Å². The smallest absolute Gasteiger partial charge is 0.137 e. The molecule has 0 bridgehead atoms. The molecule has 0 spiro atoms. The zero-order valence-electron chi connectivity index (χ0n) is 27.2. The van der Waals surface area contributed by atoms with Crippen LogP contribution in [0, 0.1) is 34.6 Å². The van der Waals surface area contributed by atoms with E-state index in [9.17, 15) is 0 Å². The van der Waals surface area contributed by atoms with Gasteiger partial charge in [-0.25, -0.2) is 9.67 Å². The lowest BCUT2D eigenvalue weighted by Crippen LogP contribution is -2.01. The van der Waals surface area contributed by atoms with E-state index in [0.717, 1.165) is 84.4 Å². The van der Waals surface area contributed by atoms with Crippen molar-refractivity contribution in [3.63, 3.8) is 0 Å². The van der Waals surface area contributed by atoms with E-state index >= 15 is 0 Å². The predicted octanol–water partition coefficient (Wildman–Crippen LogP) is 9.38. The van der Waals surface area contributed by atoms with Gasteiger partial charge in [-0.3, -0.25) is 4.57 Å². The van der Waals surface area contributed by atoms with E-state index < -0.39 is 0 Å². The number of rotatable bonds is 7. The number of fused-ring (bicyclic) bond motifs is 3. The van der Waals surface area contributed by atoms with Gasteiger partial charge in [0.15, 0.2) is 0 Å². The molecule has 0 aliphatic heterocycles. The number of ether oxygens (including phenoxy) is 3. The minimum absolute atomic E-state index is 0.712. The quantitative estimate of drug-likeness (QED) is 0.180. The molecule has 7 aromatic rings. The number of pyridine rings is 1. The fraction of sp³-hybridized carbons (Fsp3) is 0.179. The minimum atomic E-state index is 0.712. The fourth-order valence-electron chi connectivity index (χ4n) is 6.48. The second-order valence-corrected chi connectivity index (χ2v) is 11.7. The largest absolute Gasteiger partial charge is 0.496 e. The molecule has 0 atom stereocenters. The first-order valence-corrected chi connectivity index (χ1v) is 15.3. The second kappa shape index (κ2) is 11.4. The van der Waals surface area contributed by atoms with Crippen molar-refractivity contribution in [2.75, 3.05) is 14.2 Å². The van der Waals surface area contributed by atoms with Crippen LogP contribution in [-0.2, 0) is 0 Å². The highest BCUT2D eigenvalue weighted by atomic mass is 16.5. The summed E-state index contributed by atoms with van der Waals surface area (Å²) in [6, 6.07) is 28.8. The number of benzene rings is 4. The van der Waals surface area contributed by atoms with Crippen molar-refractivity contribution in [1.82, 2.24) is 19.3 Å². The van der Waals surface area contributed by atoms with Gasteiger partial charge in [0.2, 0.25) is 0 Å². The molecule has 0 fully saturated rings. The molecule has 0 aliphatic carbocycles. The zero-order valence-corrected chi connectivity index (χ0v) is 27.2. The molecule has 0 radical (unpaired) electrons. The third-order valence-electron chi connectivity index (χ3n) is 8.79. The highest BCUT2D eigenvalue weighted by Gasteiger charge is 2.24. The van der Waals surface area contributed by atoms with Crippen LogP contribution < -0.4 is 14.2 Å². The van der Waals surface area contributed by atoms with Crippen molar-refractivity contribution >= 4 is 21.8 Å². The van der Waals surface area contributed by atoms with Crippen LogP contribution in [-0.4, -0.2) is 33.6 Å². The number of para-hydroxylation sites is 1. The molecule has 3 heterocycles. The summed E-state index contributed by atoms with van der Waals surface area (Å²) in [6.45, 7) is 10.3. The van der Waals surface area contributed by atoms with Gasteiger partial charge in [-0.15, -0.1) is 0 Å². The first-order chi connectivity index (χ1) is 22.3. The summed E-state index contributed by atoms with van der Waals surface area (Å²) in [5.74, 6) is 3.89. The molecule has 0 N–H and O–H groups in total. The Bertz CT molecular complexity index is 2280. The first-order valence-electron chi connectivity index (χ1n) is 15.3. The molecule has 46 heavy (non-hydrogen) atoms. The third-order valence-corrected chi connectivity index (χ3v) is 8.79. The van der Waals surface area contributed by atoms with Gasteiger partial charge in [-0.05, 0) is 99.8 Å². The van der Waals surface area contributed by atoms with E-state index in [4.69, 9.17) is 24.3 Å². The fourth-order valence-corrected chi connectivity index (χ4v) is 6.48. The number of aromatic nitrogens is 4. The third kappa shape index (κ3) is 4.76. The summed E-state index contributed by atoms with van der Waals surface area (Å²) in [5.41, 5.74) is 10.1. The Morgan fingerprint density at radius 2 is 1.46 bits per heavy atom. The maximum atomic E-state index is 6.51. The number of hydrogen-bond acceptors (Lipinski definition) is 5. The van der Waals surface area contributed by atoms with Gasteiger partial charge in [0.05, 0.1) is 42.2 Å². The molecular weight excluding hydrogens is 572 g/mol. The Labute approximate surface area is 268 Å². The lowest BCUT2D eigenvalue weighted by molar-refractivity contribution is 0.394.